The molecule has 3 amide bonds. The van der Waals surface area contributed by atoms with E-state index in [0.717, 1.165) is 11.3 Å². The van der Waals surface area contributed by atoms with E-state index in [1.165, 1.54) is 4.90 Å². The van der Waals surface area contributed by atoms with E-state index in [1.807, 2.05) is 6.07 Å². The molecule has 0 spiro atoms. The fraction of sp³-hybridized carbons (Fsp3) is 0.643. The molecule has 1 saturated heterocycles. The Hall–Kier alpha value is -3.14. The quantitative estimate of drug-likeness (QED) is 0.118. The molecule has 1 fully saturated rings. The Labute approximate surface area is 244 Å². The highest BCUT2D eigenvalue weighted by Crippen LogP contribution is 2.32. The second-order valence-corrected chi connectivity index (χ2v) is 9.48. The van der Waals surface area contributed by atoms with Crippen molar-refractivity contribution >= 4 is 29.4 Å². The normalized spacial score (nSPS) is 16.5. The highest BCUT2D eigenvalue weighted by molar-refractivity contribution is 6.06. The maximum absolute atomic E-state index is 12.9. The summed E-state index contributed by atoms with van der Waals surface area (Å²) in [6.07, 6.45) is 0.540. The average Bonchev–Trinajstić information content (AvgIpc) is 3.30. The van der Waals surface area contributed by atoms with Crippen LogP contribution in [0.25, 0.3) is 0 Å². The van der Waals surface area contributed by atoms with Gasteiger partial charge in [0.25, 0.3) is 5.91 Å². The topological polar surface area (TPSA) is 171 Å². The molecule has 3 rings (SSSR count). The van der Waals surface area contributed by atoms with Crippen molar-refractivity contribution in [2.24, 2.45) is 0 Å². The molecule has 2 aliphatic heterocycles. The maximum atomic E-state index is 12.9. The predicted molar refractivity (Wildman–Crippen MR) is 148 cm³/mol. The van der Waals surface area contributed by atoms with Crippen LogP contribution in [0, 0.1) is 0 Å². The zero-order valence-electron chi connectivity index (χ0n) is 23.8. The summed E-state index contributed by atoms with van der Waals surface area (Å²) in [4.78, 5) is 48.5. The van der Waals surface area contributed by atoms with Gasteiger partial charge in [-0.1, -0.05) is 6.07 Å². The summed E-state index contributed by atoms with van der Waals surface area (Å²) in [6.45, 7) is 5.75. The van der Waals surface area contributed by atoms with Crippen molar-refractivity contribution in [1.29, 1.82) is 0 Å². The highest BCUT2D eigenvalue weighted by atomic mass is 16.6. The summed E-state index contributed by atoms with van der Waals surface area (Å²) in [6, 6.07) is 4.81. The predicted octanol–water partition coefficient (Wildman–Crippen LogP) is 0.434. The molecule has 0 radical (unpaired) electrons. The van der Waals surface area contributed by atoms with Crippen LogP contribution in [0.2, 0.25) is 0 Å². The zero-order valence-corrected chi connectivity index (χ0v) is 23.8. The van der Waals surface area contributed by atoms with Crippen LogP contribution in [0.15, 0.2) is 18.2 Å². The van der Waals surface area contributed by atoms with Gasteiger partial charge in [0.2, 0.25) is 11.8 Å². The Balaban J connectivity index is 1.13. The third kappa shape index (κ3) is 11.6. The number of amides is 3. The number of carbonyl (C=O) groups excluding carboxylic acids is 3. The Morgan fingerprint density at radius 2 is 1.38 bits per heavy atom. The van der Waals surface area contributed by atoms with Gasteiger partial charge in [-0.25, -0.2) is 0 Å². The van der Waals surface area contributed by atoms with Crippen LogP contribution in [0.5, 0.6) is 0 Å². The van der Waals surface area contributed by atoms with Crippen molar-refractivity contribution < 1.29 is 52.7 Å². The number of carbonyl (C=O) groups is 4. The van der Waals surface area contributed by atoms with E-state index in [0.29, 0.717) is 97.7 Å². The number of carboxylic acids is 1. The van der Waals surface area contributed by atoms with E-state index in [-0.39, 0.29) is 31.3 Å². The highest BCUT2D eigenvalue weighted by Gasteiger charge is 2.39. The van der Waals surface area contributed by atoms with E-state index in [4.69, 9.17) is 33.5 Å². The molecule has 42 heavy (non-hydrogen) atoms. The fourth-order valence-corrected chi connectivity index (χ4v) is 4.37. The summed E-state index contributed by atoms with van der Waals surface area (Å²) < 4.78 is 32.4. The molecule has 3 N–H and O–H groups in total. The van der Waals surface area contributed by atoms with Crippen molar-refractivity contribution in [3.05, 3.63) is 29.3 Å². The minimum atomic E-state index is -0.884. The number of rotatable bonds is 23. The number of anilines is 1. The number of hydrogen-bond donors (Lipinski definition) is 3. The first-order valence-electron chi connectivity index (χ1n) is 14.2. The molecular formula is C28H41N3O11. The molecule has 0 saturated carbocycles. The second kappa shape index (κ2) is 19.1. The Bertz CT molecular complexity index is 1020. The molecule has 14 heteroatoms. The van der Waals surface area contributed by atoms with Crippen LogP contribution >= 0.6 is 0 Å². The van der Waals surface area contributed by atoms with Crippen LogP contribution in [-0.2, 0) is 49.3 Å². The van der Waals surface area contributed by atoms with E-state index in [9.17, 15) is 19.2 Å². The number of aliphatic carboxylic acids is 1. The molecule has 0 aromatic heterocycles. The summed E-state index contributed by atoms with van der Waals surface area (Å²) in [5.41, 5.74) is 2.23. The number of carboxylic acid groups (broad SMARTS) is 1. The number of nitrogens with zero attached hydrogens (tertiary/aromatic N) is 1. The van der Waals surface area contributed by atoms with Crippen molar-refractivity contribution in [3.63, 3.8) is 0 Å². The molecule has 1 aromatic rings. The number of piperidine rings is 1. The number of imide groups is 1. The van der Waals surface area contributed by atoms with Crippen LogP contribution in [0.1, 0.15) is 35.2 Å². The van der Waals surface area contributed by atoms with Gasteiger partial charge in [-0.2, -0.15) is 0 Å². The number of nitrogens with one attached hydrogen (secondary N) is 2. The molecular weight excluding hydrogens is 554 g/mol. The second-order valence-electron chi connectivity index (χ2n) is 9.48. The van der Waals surface area contributed by atoms with Crippen LogP contribution in [0.4, 0.5) is 5.69 Å². The van der Waals surface area contributed by atoms with Crippen molar-refractivity contribution in [2.45, 2.75) is 31.8 Å². The van der Waals surface area contributed by atoms with Gasteiger partial charge in [-0.05, 0) is 18.6 Å². The first-order valence-corrected chi connectivity index (χ1v) is 14.2. The van der Waals surface area contributed by atoms with Crippen molar-refractivity contribution in [2.75, 3.05) is 91.1 Å². The first-order chi connectivity index (χ1) is 20.5. The van der Waals surface area contributed by atoms with Crippen LogP contribution in [0.3, 0.4) is 0 Å². The minimum Gasteiger partial charge on any atom is -0.481 e. The Morgan fingerprint density at radius 1 is 0.833 bits per heavy atom. The van der Waals surface area contributed by atoms with Crippen molar-refractivity contribution in [1.82, 2.24) is 10.2 Å². The van der Waals surface area contributed by atoms with Gasteiger partial charge in [0, 0.05) is 36.3 Å². The molecule has 0 aliphatic carbocycles. The SMILES string of the molecule is O=C(O)CCOCCOCCOCCOCCOCCOCCNc1cccc2c1CN(C1CCC(=O)NC1=O)C2=O. The van der Waals surface area contributed by atoms with E-state index in [2.05, 4.69) is 10.6 Å². The van der Waals surface area contributed by atoms with Gasteiger partial charge in [0.15, 0.2) is 0 Å². The lowest BCUT2D eigenvalue weighted by molar-refractivity contribution is -0.139. The molecule has 0 bridgehead atoms. The summed E-state index contributed by atoms with van der Waals surface area (Å²) >= 11 is 0. The van der Waals surface area contributed by atoms with Gasteiger partial charge in [0.1, 0.15) is 6.04 Å². The van der Waals surface area contributed by atoms with Crippen LogP contribution in [-0.4, -0.2) is 126 Å². The fourth-order valence-electron chi connectivity index (χ4n) is 4.37. The van der Waals surface area contributed by atoms with Gasteiger partial charge in [-0.3, -0.25) is 24.5 Å². The molecule has 14 nitrogen and oxygen atoms in total. The number of fused-ring (bicyclic) bond motifs is 1. The summed E-state index contributed by atoms with van der Waals surface area (Å²) in [5, 5.41) is 14.1. The van der Waals surface area contributed by atoms with Gasteiger partial charge >= 0.3 is 5.97 Å². The number of benzene rings is 1. The molecule has 1 unspecified atom stereocenters. The van der Waals surface area contributed by atoms with Crippen molar-refractivity contribution in [3.8, 4) is 0 Å². The monoisotopic (exact) mass is 595 g/mol. The van der Waals surface area contributed by atoms with Crippen LogP contribution < -0.4 is 10.6 Å². The van der Waals surface area contributed by atoms with Gasteiger partial charge < -0.3 is 43.7 Å². The lowest BCUT2D eigenvalue weighted by Crippen LogP contribution is -2.52. The number of ether oxygens (including phenoxy) is 6. The molecule has 1 atom stereocenters. The van der Waals surface area contributed by atoms with E-state index < -0.39 is 17.9 Å². The van der Waals surface area contributed by atoms with Gasteiger partial charge in [-0.15, -0.1) is 0 Å². The summed E-state index contributed by atoms with van der Waals surface area (Å²) in [5.74, 6) is -1.82. The zero-order chi connectivity index (χ0) is 30.0. The third-order valence-corrected chi connectivity index (χ3v) is 6.46. The molecule has 234 valence electrons. The lowest BCUT2D eigenvalue weighted by Gasteiger charge is -2.29. The molecule has 2 aliphatic rings. The largest absolute Gasteiger partial charge is 0.481 e. The molecule has 2 heterocycles. The summed E-state index contributed by atoms with van der Waals surface area (Å²) in [7, 11) is 0. The van der Waals surface area contributed by atoms with E-state index >= 15 is 0 Å². The third-order valence-electron chi connectivity index (χ3n) is 6.46. The smallest absolute Gasteiger partial charge is 0.305 e. The maximum Gasteiger partial charge on any atom is 0.305 e. The average molecular weight is 596 g/mol. The van der Waals surface area contributed by atoms with Gasteiger partial charge in [0.05, 0.1) is 85.7 Å². The number of hydrogen-bond acceptors (Lipinski definition) is 11. The minimum absolute atomic E-state index is 0.0138. The molecule has 1 aromatic carbocycles. The Kier molecular flexibility index (Phi) is 15.2. The Morgan fingerprint density at radius 3 is 1.93 bits per heavy atom. The lowest BCUT2D eigenvalue weighted by atomic mass is 10.0. The first kappa shape index (κ1) is 33.4. The van der Waals surface area contributed by atoms with E-state index in [1.54, 1.807) is 12.1 Å². The standard InChI is InChI=1S/C28H41N3O11/c32-25-5-4-24(27(35)30-25)31-20-22-21(28(31)36)2-1-3-23(22)29-7-9-38-11-13-40-15-17-42-19-18-41-16-14-39-12-10-37-8-6-26(33)34/h1-3,24,29H,4-20H2,(H,33,34)(H,30,32,35).